The minimum absolute atomic E-state index is 0.0234. The maximum Gasteiger partial charge on any atom is 0.239 e. The molecular formula is C16H23FN2O. The second-order valence-corrected chi connectivity index (χ2v) is 5.75. The van der Waals surface area contributed by atoms with Crippen molar-refractivity contribution in [1.29, 1.82) is 0 Å². The number of nitrogens with one attached hydrogen (secondary N) is 2. The van der Waals surface area contributed by atoms with E-state index in [9.17, 15) is 9.18 Å². The van der Waals surface area contributed by atoms with Crippen LogP contribution < -0.4 is 10.6 Å². The Labute approximate surface area is 120 Å². The Hall–Kier alpha value is -1.58. The monoisotopic (exact) mass is 278 g/mol. The molecule has 1 aliphatic rings. The Morgan fingerprint density at radius 1 is 1.35 bits per heavy atom. The standard InChI is InChI=1S/C16H23FN2O/c1-11-7-8-13(9-14(11)17)18-10-16(20)19-15-6-4-3-5-12(15)2/h7-9,12,15,18H,3-6,10H2,1-2H3,(H,19,20). The van der Waals surface area contributed by atoms with E-state index in [-0.39, 0.29) is 24.3 Å². The zero-order valence-corrected chi connectivity index (χ0v) is 12.2. The highest BCUT2D eigenvalue weighted by Gasteiger charge is 2.22. The van der Waals surface area contributed by atoms with Gasteiger partial charge in [0.2, 0.25) is 5.91 Å². The predicted molar refractivity (Wildman–Crippen MR) is 79.2 cm³/mol. The molecule has 2 atom stereocenters. The summed E-state index contributed by atoms with van der Waals surface area (Å²) < 4.78 is 13.4. The van der Waals surface area contributed by atoms with E-state index in [1.54, 1.807) is 19.1 Å². The maximum atomic E-state index is 13.4. The molecule has 1 fully saturated rings. The lowest BCUT2D eigenvalue weighted by atomic mass is 9.86. The van der Waals surface area contributed by atoms with Crippen molar-refractivity contribution in [3.63, 3.8) is 0 Å². The van der Waals surface area contributed by atoms with Crippen LogP contribution >= 0.6 is 0 Å². The minimum Gasteiger partial charge on any atom is -0.376 e. The number of halogens is 1. The Bertz CT molecular complexity index is 476. The van der Waals surface area contributed by atoms with Crippen molar-refractivity contribution in [2.45, 2.75) is 45.6 Å². The molecule has 0 heterocycles. The summed E-state index contributed by atoms with van der Waals surface area (Å²) in [6.07, 6.45) is 4.69. The highest BCUT2D eigenvalue weighted by Crippen LogP contribution is 2.23. The van der Waals surface area contributed by atoms with Gasteiger partial charge >= 0.3 is 0 Å². The van der Waals surface area contributed by atoms with Gasteiger partial charge in [0.25, 0.3) is 0 Å². The van der Waals surface area contributed by atoms with Gasteiger partial charge in [0.05, 0.1) is 6.54 Å². The quantitative estimate of drug-likeness (QED) is 0.887. The molecule has 0 aliphatic heterocycles. The Kier molecular flexibility index (Phi) is 4.99. The third-order valence-electron chi connectivity index (χ3n) is 4.08. The second-order valence-electron chi connectivity index (χ2n) is 5.75. The van der Waals surface area contributed by atoms with Crippen LogP contribution in [0.5, 0.6) is 0 Å². The van der Waals surface area contributed by atoms with Gasteiger partial charge in [-0.25, -0.2) is 4.39 Å². The molecule has 3 nitrogen and oxygen atoms in total. The molecule has 1 saturated carbocycles. The van der Waals surface area contributed by atoms with Crippen molar-refractivity contribution in [1.82, 2.24) is 5.32 Å². The van der Waals surface area contributed by atoms with Crippen molar-refractivity contribution in [3.8, 4) is 0 Å². The molecule has 1 aromatic carbocycles. The summed E-state index contributed by atoms with van der Waals surface area (Å²) in [7, 11) is 0. The first kappa shape index (κ1) is 14.8. The summed E-state index contributed by atoms with van der Waals surface area (Å²) in [5.74, 6) is 0.269. The van der Waals surface area contributed by atoms with Gasteiger partial charge in [-0.15, -0.1) is 0 Å². The number of rotatable bonds is 4. The van der Waals surface area contributed by atoms with E-state index in [0.29, 0.717) is 17.2 Å². The van der Waals surface area contributed by atoms with Crippen molar-refractivity contribution in [3.05, 3.63) is 29.6 Å². The van der Waals surface area contributed by atoms with E-state index < -0.39 is 0 Å². The molecule has 0 aromatic heterocycles. The van der Waals surface area contributed by atoms with Gasteiger partial charge in [-0.05, 0) is 43.4 Å². The molecule has 20 heavy (non-hydrogen) atoms. The van der Waals surface area contributed by atoms with Crippen LogP contribution in [0.15, 0.2) is 18.2 Å². The normalized spacial score (nSPS) is 22.4. The molecule has 0 bridgehead atoms. The molecule has 2 N–H and O–H groups in total. The summed E-state index contributed by atoms with van der Waals surface area (Å²) in [5.41, 5.74) is 1.25. The number of amides is 1. The van der Waals surface area contributed by atoms with Gasteiger partial charge in [-0.1, -0.05) is 25.8 Å². The molecule has 2 unspecified atom stereocenters. The number of carbonyl (C=O) groups is 1. The van der Waals surface area contributed by atoms with Crippen molar-refractivity contribution >= 4 is 11.6 Å². The van der Waals surface area contributed by atoms with Gasteiger partial charge in [-0.2, -0.15) is 0 Å². The zero-order chi connectivity index (χ0) is 14.5. The first-order valence-corrected chi connectivity index (χ1v) is 7.35. The van der Waals surface area contributed by atoms with Crippen LogP contribution in [0.25, 0.3) is 0 Å². The minimum atomic E-state index is -0.253. The van der Waals surface area contributed by atoms with E-state index in [4.69, 9.17) is 0 Å². The number of hydrogen-bond donors (Lipinski definition) is 2. The predicted octanol–water partition coefficient (Wildman–Crippen LogP) is 3.24. The van der Waals surface area contributed by atoms with Crippen LogP contribution in [0.2, 0.25) is 0 Å². The molecule has 4 heteroatoms. The van der Waals surface area contributed by atoms with Crippen molar-refractivity contribution in [2.75, 3.05) is 11.9 Å². The number of hydrogen-bond acceptors (Lipinski definition) is 2. The lowest BCUT2D eigenvalue weighted by Gasteiger charge is -2.29. The molecule has 0 radical (unpaired) electrons. The second kappa shape index (κ2) is 6.73. The van der Waals surface area contributed by atoms with Gasteiger partial charge in [-0.3, -0.25) is 4.79 Å². The van der Waals surface area contributed by atoms with Crippen LogP contribution in [0.4, 0.5) is 10.1 Å². The summed E-state index contributed by atoms with van der Waals surface area (Å²) in [5, 5.41) is 6.03. The summed E-state index contributed by atoms with van der Waals surface area (Å²) >= 11 is 0. The van der Waals surface area contributed by atoms with E-state index >= 15 is 0 Å². The third-order valence-corrected chi connectivity index (χ3v) is 4.08. The van der Waals surface area contributed by atoms with Gasteiger partial charge in [0.1, 0.15) is 5.82 Å². The highest BCUT2D eigenvalue weighted by molar-refractivity contribution is 5.81. The Morgan fingerprint density at radius 2 is 2.10 bits per heavy atom. The maximum absolute atomic E-state index is 13.4. The smallest absolute Gasteiger partial charge is 0.239 e. The average Bonchev–Trinajstić information content (AvgIpc) is 2.43. The number of aryl methyl sites for hydroxylation is 1. The molecule has 0 saturated heterocycles. The van der Waals surface area contributed by atoms with Gasteiger partial charge in [0, 0.05) is 11.7 Å². The van der Waals surface area contributed by atoms with Crippen LogP contribution in [0, 0.1) is 18.7 Å². The summed E-state index contributed by atoms with van der Waals surface area (Å²) in [4.78, 5) is 11.9. The van der Waals surface area contributed by atoms with Crippen LogP contribution in [0.1, 0.15) is 38.2 Å². The average molecular weight is 278 g/mol. The number of benzene rings is 1. The topological polar surface area (TPSA) is 41.1 Å². The lowest BCUT2D eigenvalue weighted by molar-refractivity contribution is -0.120. The van der Waals surface area contributed by atoms with E-state index in [1.165, 1.54) is 25.3 Å². The SMILES string of the molecule is Cc1ccc(NCC(=O)NC2CCCCC2C)cc1F. The number of anilines is 1. The van der Waals surface area contributed by atoms with Crippen LogP contribution in [-0.4, -0.2) is 18.5 Å². The van der Waals surface area contributed by atoms with Crippen LogP contribution in [0.3, 0.4) is 0 Å². The number of carbonyl (C=O) groups excluding carboxylic acids is 1. The molecule has 2 rings (SSSR count). The van der Waals surface area contributed by atoms with Gasteiger partial charge < -0.3 is 10.6 Å². The Balaban J connectivity index is 1.81. The van der Waals surface area contributed by atoms with Crippen LogP contribution in [-0.2, 0) is 4.79 Å². The highest BCUT2D eigenvalue weighted by atomic mass is 19.1. The molecular weight excluding hydrogens is 255 g/mol. The fourth-order valence-electron chi connectivity index (χ4n) is 2.67. The largest absolute Gasteiger partial charge is 0.376 e. The molecule has 1 aromatic rings. The summed E-state index contributed by atoms with van der Waals surface area (Å²) in [6.45, 7) is 4.09. The summed E-state index contributed by atoms with van der Waals surface area (Å²) in [6, 6.07) is 5.20. The molecule has 110 valence electrons. The van der Waals surface area contributed by atoms with Gasteiger partial charge in [0.15, 0.2) is 0 Å². The molecule has 1 amide bonds. The fourth-order valence-corrected chi connectivity index (χ4v) is 2.67. The van der Waals surface area contributed by atoms with E-state index in [2.05, 4.69) is 17.6 Å². The fraction of sp³-hybridized carbons (Fsp3) is 0.562. The Morgan fingerprint density at radius 3 is 2.80 bits per heavy atom. The van der Waals surface area contributed by atoms with E-state index in [0.717, 1.165) is 6.42 Å². The lowest BCUT2D eigenvalue weighted by Crippen LogP contribution is -2.43. The van der Waals surface area contributed by atoms with Crippen molar-refractivity contribution < 1.29 is 9.18 Å². The first-order valence-electron chi connectivity index (χ1n) is 7.35. The zero-order valence-electron chi connectivity index (χ0n) is 12.2. The molecule has 1 aliphatic carbocycles. The molecule has 0 spiro atoms. The van der Waals surface area contributed by atoms with Crippen molar-refractivity contribution in [2.24, 2.45) is 5.92 Å². The first-order chi connectivity index (χ1) is 9.56. The van der Waals surface area contributed by atoms with E-state index in [1.807, 2.05) is 0 Å². The third kappa shape index (κ3) is 3.95.